The van der Waals surface area contributed by atoms with E-state index in [1.54, 1.807) is 0 Å². The number of piperazine rings is 1. The topological polar surface area (TPSA) is 44.8 Å². The summed E-state index contributed by atoms with van der Waals surface area (Å²) in [5.74, 6) is 0.178. The van der Waals surface area contributed by atoms with Gasteiger partial charge in [0.25, 0.3) is 0 Å². The van der Waals surface area contributed by atoms with E-state index >= 15 is 0 Å². The molecule has 0 aliphatic carbocycles. The lowest BCUT2D eigenvalue weighted by atomic mass is 9.97. The predicted molar refractivity (Wildman–Crippen MR) is 90.1 cm³/mol. The van der Waals surface area contributed by atoms with Crippen LogP contribution in [0.5, 0.6) is 0 Å². The second-order valence-corrected chi connectivity index (χ2v) is 7.06. The number of ether oxygens (including phenoxy) is 1. The van der Waals surface area contributed by atoms with Crippen LogP contribution in [0.2, 0.25) is 0 Å². The van der Waals surface area contributed by atoms with Gasteiger partial charge in [0, 0.05) is 38.3 Å². The summed E-state index contributed by atoms with van der Waals surface area (Å²) in [7, 11) is 0. The molecule has 2 aliphatic heterocycles. The Morgan fingerprint density at radius 3 is 2.74 bits per heavy atom. The Balaban J connectivity index is 1.61. The maximum atomic E-state index is 12.7. The minimum absolute atomic E-state index is 0.0285. The van der Waals surface area contributed by atoms with Crippen LogP contribution in [0, 0.1) is 0 Å². The lowest BCUT2D eigenvalue weighted by molar-refractivity contribution is -0.141. The Morgan fingerprint density at radius 1 is 1.30 bits per heavy atom. The average Bonchev–Trinajstić information content (AvgIpc) is 2.57. The van der Waals surface area contributed by atoms with Crippen molar-refractivity contribution >= 4 is 5.91 Å². The average molecular weight is 317 g/mol. The van der Waals surface area contributed by atoms with Crippen molar-refractivity contribution in [1.82, 2.24) is 15.1 Å². The van der Waals surface area contributed by atoms with Gasteiger partial charge in [0.2, 0.25) is 5.91 Å². The molecule has 1 aromatic carbocycles. The second-order valence-electron chi connectivity index (χ2n) is 7.06. The van der Waals surface area contributed by atoms with E-state index in [1.165, 1.54) is 5.56 Å². The Labute approximate surface area is 138 Å². The van der Waals surface area contributed by atoms with E-state index in [0.717, 1.165) is 32.7 Å². The fourth-order valence-electron chi connectivity index (χ4n) is 3.42. The molecule has 2 aliphatic rings. The summed E-state index contributed by atoms with van der Waals surface area (Å²) in [4.78, 5) is 17.1. The minimum atomic E-state index is -0.180. The highest BCUT2D eigenvalue weighted by Crippen LogP contribution is 2.24. The molecule has 0 unspecified atom stereocenters. The molecule has 126 valence electrons. The first kappa shape index (κ1) is 16.4. The molecule has 1 N–H and O–H groups in total. The molecule has 2 saturated heterocycles. The molecule has 1 aromatic rings. The van der Waals surface area contributed by atoms with E-state index in [2.05, 4.69) is 48.3 Å². The molecule has 0 aromatic heterocycles. The van der Waals surface area contributed by atoms with Gasteiger partial charge >= 0.3 is 0 Å². The van der Waals surface area contributed by atoms with E-state index in [0.29, 0.717) is 13.2 Å². The van der Waals surface area contributed by atoms with Gasteiger partial charge in [-0.1, -0.05) is 30.3 Å². The van der Waals surface area contributed by atoms with Crippen LogP contribution < -0.4 is 5.32 Å². The molecule has 1 atom stereocenters. The summed E-state index contributed by atoms with van der Waals surface area (Å²) < 4.78 is 5.43. The van der Waals surface area contributed by atoms with Crippen LogP contribution >= 0.6 is 0 Å². The fourth-order valence-corrected chi connectivity index (χ4v) is 3.42. The second kappa shape index (κ2) is 6.99. The van der Waals surface area contributed by atoms with E-state index in [9.17, 15) is 4.79 Å². The highest BCUT2D eigenvalue weighted by Gasteiger charge is 2.37. The zero-order valence-corrected chi connectivity index (χ0v) is 14.1. The summed E-state index contributed by atoms with van der Waals surface area (Å²) in [5, 5.41) is 3.26. The molecule has 1 amide bonds. The molecule has 0 saturated carbocycles. The van der Waals surface area contributed by atoms with Gasteiger partial charge in [-0.15, -0.1) is 0 Å². The monoisotopic (exact) mass is 317 g/mol. The maximum absolute atomic E-state index is 12.7. The van der Waals surface area contributed by atoms with Crippen LogP contribution in [0.4, 0.5) is 0 Å². The van der Waals surface area contributed by atoms with E-state index in [-0.39, 0.29) is 17.5 Å². The third-order valence-electron chi connectivity index (χ3n) is 4.82. The molecule has 5 nitrogen and oxygen atoms in total. The number of amides is 1. The van der Waals surface area contributed by atoms with Crippen LogP contribution in [0.3, 0.4) is 0 Å². The number of nitrogens with zero attached hydrogens (tertiary/aromatic N) is 2. The normalized spacial score (nSPS) is 25.3. The van der Waals surface area contributed by atoms with Crippen molar-refractivity contribution in [3.8, 4) is 0 Å². The Kier molecular flexibility index (Phi) is 4.99. The van der Waals surface area contributed by atoms with Crippen LogP contribution in [0.25, 0.3) is 0 Å². The van der Waals surface area contributed by atoms with Crippen molar-refractivity contribution < 1.29 is 9.53 Å². The number of benzene rings is 1. The standard InChI is InChI=1S/C18H27N3O2/c1-18(2)14-20(17(22)16-13-23-11-8-19-16)9-10-21(18)12-15-6-4-3-5-7-15/h3-7,16,19H,8-14H2,1-2H3/t16-/m1/s1. The number of carbonyl (C=O) groups excluding carboxylic acids is 1. The van der Waals surface area contributed by atoms with Gasteiger partial charge in [0.05, 0.1) is 13.2 Å². The van der Waals surface area contributed by atoms with E-state index < -0.39 is 0 Å². The van der Waals surface area contributed by atoms with Crippen molar-refractivity contribution in [3.05, 3.63) is 35.9 Å². The first-order valence-corrected chi connectivity index (χ1v) is 8.45. The first-order chi connectivity index (χ1) is 11.1. The number of morpholine rings is 1. The zero-order valence-electron chi connectivity index (χ0n) is 14.1. The molecule has 2 heterocycles. The molecule has 5 heteroatoms. The maximum Gasteiger partial charge on any atom is 0.242 e. The third kappa shape index (κ3) is 3.91. The van der Waals surface area contributed by atoms with Gasteiger partial charge in [0.15, 0.2) is 0 Å². The minimum Gasteiger partial charge on any atom is -0.378 e. The zero-order chi connectivity index (χ0) is 16.3. The largest absolute Gasteiger partial charge is 0.378 e. The molecule has 0 bridgehead atoms. The van der Waals surface area contributed by atoms with Crippen LogP contribution in [0.15, 0.2) is 30.3 Å². The molecule has 3 rings (SSSR count). The van der Waals surface area contributed by atoms with Crippen LogP contribution in [0.1, 0.15) is 19.4 Å². The summed E-state index contributed by atoms with van der Waals surface area (Å²) in [5.41, 5.74) is 1.29. The summed E-state index contributed by atoms with van der Waals surface area (Å²) >= 11 is 0. The number of hydrogen-bond donors (Lipinski definition) is 1. The SMILES string of the molecule is CC1(C)CN(C(=O)[C@H]2COCCN2)CCN1Cc1ccccc1. The van der Waals surface area contributed by atoms with Crippen molar-refractivity contribution in [3.63, 3.8) is 0 Å². The van der Waals surface area contributed by atoms with Gasteiger partial charge < -0.3 is 15.0 Å². The summed E-state index contributed by atoms with van der Waals surface area (Å²) in [6.45, 7) is 9.77. The molecule has 2 fully saturated rings. The molecular formula is C18H27N3O2. The Hall–Kier alpha value is -1.43. The first-order valence-electron chi connectivity index (χ1n) is 8.45. The quantitative estimate of drug-likeness (QED) is 0.907. The smallest absolute Gasteiger partial charge is 0.242 e. The fraction of sp³-hybridized carbons (Fsp3) is 0.611. The number of rotatable bonds is 3. The molecular weight excluding hydrogens is 290 g/mol. The highest BCUT2D eigenvalue weighted by molar-refractivity contribution is 5.82. The summed E-state index contributed by atoms with van der Waals surface area (Å²) in [6, 6.07) is 10.4. The van der Waals surface area contributed by atoms with Gasteiger partial charge in [-0.25, -0.2) is 0 Å². The van der Waals surface area contributed by atoms with Crippen LogP contribution in [-0.2, 0) is 16.1 Å². The molecule has 0 radical (unpaired) electrons. The van der Waals surface area contributed by atoms with Crippen molar-refractivity contribution in [2.24, 2.45) is 0 Å². The predicted octanol–water partition coefficient (Wildman–Crippen LogP) is 1.10. The summed E-state index contributed by atoms with van der Waals surface area (Å²) in [6.07, 6.45) is 0. The van der Waals surface area contributed by atoms with Crippen LogP contribution in [-0.4, -0.2) is 66.7 Å². The van der Waals surface area contributed by atoms with Gasteiger partial charge in [-0.2, -0.15) is 0 Å². The lowest BCUT2D eigenvalue weighted by Crippen LogP contribution is -2.63. The van der Waals surface area contributed by atoms with Crippen molar-refractivity contribution in [1.29, 1.82) is 0 Å². The lowest BCUT2D eigenvalue weighted by Gasteiger charge is -2.48. The molecule has 0 spiro atoms. The van der Waals surface area contributed by atoms with Crippen molar-refractivity contribution in [2.45, 2.75) is 32.0 Å². The van der Waals surface area contributed by atoms with Gasteiger partial charge in [-0.3, -0.25) is 9.69 Å². The Bertz CT molecular complexity index is 526. The van der Waals surface area contributed by atoms with Gasteiger partial charge in [0.1, 0.15) is 6.04 Å². The van der Waals surface area contributed by atoms with Gasteiger partial charge in [-0.05, 0) is 19.4 Å². The number of hydrogen-bond acceptors (Lipinski definition) is 4. The van der Waals surface area contributed by atoms with Crippen molar-refractivity contribution in [2.75, 3.05) is 39.4 Å². The third-order valence-corrected chi connectivity index (χ3v) is 4.82. The van der Waals surface area contributed by atoms with E-state index in [4.69, 9.17) is 4.74 Å². The Morgan fingerprint density at radius 2 is 2.09 bits per heavy atom. The van der Waals surface area contributed by atoms with E-state index in [1.807, 2.05) is 11.0 Å². The number of nitrogens with one attached hydrogen (secondary N) is 1. The number of carbonyl (C=O) groups is 1. The highest BCUT2D eigenvalue weighted by atomic mass is 16.5. The molecule has 23 heavy (non-hydrogen) atoms.